The molecule has 1 N–H and O–H groups in total. The molecule has 1 aliphatic heterocycles. The Balaban J connectivity index is 1.45. The van der Waals surface area contributed by atoms with Crippen molar-refractivity contribution in [3.63, 3.8) is 0 Å². The molecule has 0 unspecified atom stereocenters. The lowest BCUT2D eigenvalue weighted by molar-refractivity contribution is 0.368. The van der Waals surface area contributed by atoms with Crippen LogP contribution in [-0.2, 0) is 20.1 Å². The minimum Gasteiger partial charge on any atom is -0.497 e. The lowest BCUT2D eigenvalue weighted by atomic mass is 10.2. The van der Waals surface area contributed by atoms with E-state index in [4.69, 9.17) is 9.73 Å². The average Bonchev–Trinajstić information content (AvgIpc) is 3.17. The van der Waals surface area contributed by atoms with Crippen LogP contribution >= 0.6 is 0 Å². The predicted molar refractivity (Wildman–Crippen MR) is 123 cm³/mol. The molecule has 0 aliphatic carbocycles. The van der Waals surface area contributed by atoms with Crippen molar-refractivity contribution in [2.45, 2.75) is 20.0 Å². The minimum atomic E-state index is 0.556. The largest absolute Gasteiger partial charge is 0.497 e. The highest BCUT2D eigenvalue weighted by molar-refractivity contribution is 5.80. The molecule has 2 aromatic heterocycles. The fourth-order valence-electron chi connectivity index (χ4n) is 3.50. The zero-order valence-electron chi connectivity index (χ0n) is 18.8. The quantitative estimate of drug-likeness (QED) is 0.458. The number of aliphatic imine (C=N–C) groups is 1. The van der Waals surface area contributed by atoms with Crippen molar-refractivity contribution in [3.05, 3.63) is 59.9 Å². The number of hydrogen-bond donors (Lipinski definition) is 1. The Morgan fingerprint density at radius 2 is 1.78 bits per heavy atom. The zero-order chi connectivity index (χ0) is 22.3. The Morgan fingerprint density at radius 1 is 1.06 bits per heavy atom. The van der Waals surface area contributed by atoms with Gasteiger partial charge in [0, 0.05) is 45.6 Å². The van der Waals surface area contributed by atoms with Gasteiger partial charge in [-0.15, -0.1) is 10.2 Å². The van der Waals surface area contributed by atoms with E-state index < -0.39 is 0 Å². The summed E-state index contributed by atoms with van der Waals surface area (Å²) in [4.78, 5) is 18.1. The summed E-state index contributed by atoms with van der Waals surface area (Å²) in [5.41, 5.74) is 1.12. The zero-order valence-corrected chi connectivity index (χ0v) is 18.8. The summed E-state index contributed by atoms with van der Waals surface area (Å²) in [6.07, 6.45) is 3.56. The molecule has 1 aliphatic rings. The molecule has 1 aromatic carbocycles. The molecule has 3 aromatic rings. The second-order valence-corrected chi connectivity index (χ2v) is 7.59. The van der Waals surface area contributed by atoms with Gasteiger partial charge in [0.15, 0.2) is 11.8 Å². The first-order valence-corrected chi connectivity index (χ1v) is 10.7. The number of nitrogens with zero attached hydrogens (tertiary/aromatic N) is 8. The van der Waals surface area contributed by atoms with Crippen LogP contribution in [0, 0.1) is 6.92 Å². The molecular formula is C22H29N9O. The van der Waals surface area contributed by atoms with Crippen molar-refractivity contribution in [1.82, 2.24) is 34.9 Å². The van der Waals surface area contributed by atoms with Gasteiger partial charge in [0.2, 0.25) is 5.95 Å². The van der Waals surface area contributed by atoms with E-state index in [-0.39, 0.29) is 0 Å². The molecule has 0 radical (unpaired) electrons. The first-order valence-electron chi connectivity index (χ1n) is 10.7. The first-order chi connectivity index (χ1) is 15.6. The Morgan fingerprint density at radius 3 is 2.41 bits per heavy atom. The summed E-state index contributed by atoms with van der Waals surface area (Å²) in [5.74, 6) is 4.22. The lowest BCUT2D eigenvalue weighted by Crippen LogP contribution is -2.52. The highest BCUT2D eigenvalue weighted by Gasteiger charge is 2.21. The van der Waals surface area contributed by atoms with Crippen LogP contribution in [0.2, 0.25) is 0 Å². The number of rotatable bonds is 6. The third-order valence-corrected chi connectivity index (χ3v) is 5.57. The van der Waals surface area contributed by atoms with Crippen LogP contribution < -0.4 is 15.0 Å². The van der Waals surface area contributed by atoms with Gasteiger partial charge >= 0.3 is 0 Å². The molecule has 0 bridgehead atoms. The number of piperazine rings is 1. The van der Waals surface area contributed by atoms with Gasteiger partial charge in [0.05, 0.1) is 20.2 Å². The highest BCUT2D eigenvalue weighted by Crippen LogP contribution is 2.13. The lowest BCUT2D eigenvalue weighted by Gasteiger charge is -2.36. The van der Waals surface area contributed by atoms with Gasteiger partial charge in [0.1, 0.15) is 11.6 Å². The smallest absolute Gasteiger partial charge is 0.225 e. The van der Waals surface area contributed by atoms with Crippen LogP contribution in [0.1, 0.15) is 17.2 Å². The maximum Gasteiger partial charge on any atom is 0.225 e. The number of benzene rings is 1. The maximum absolute atomic E-state index is 5.25. The van der Waals surface area contributed by atoms with E-state index in [1.807, 2.05) is 48.9 Å². The van der Waals surface area contributed by atoms with Gasteiger partial charge in [-0.05, 0) is 30.7 Å². The van der Waals surface area contributed by atoms with Crippen molar-refractivity contribution in [3.8, 4) is 5.75 Å². The number of guanidine groups is 1. The minimum absolute atomic E-state index is 0.556. The van der Waals surface area contributed by atoms with Crippen LogP contribution in [0.25, 0.3) is 0 Å². The van der Waals surface area contributed by atoms with E-state index in [0.717, 1.165) is 61.0 Å². The number of aromatic nitrogens is 5. The van der Waals surface area contributed by atoms with Crippen molar-refractivity contribution in [1.29, 1.82) is 0 Å². The SMILES string of the molecule is COc1ccc(CN=C(NCc2nnc(C)n2C)N2CCN(c3ncccn3)CC2)cc1. The molecule has 10 heteroatoms. The summed E-state index contributed by atoms with van der Waals surface area (Å²) in [7, 11) is 3.64. The molecule has 0 spiro atoms. The molecule has 1 fully saturated rings. The van der Waals surface area contributed by atoms with E-state index in [1.165, 1.54) is 0 Å². The second-order valence-electron chi connectivity index (χ2n) is 7.59. The molecule has 3 heterocycles. The first kappa shape index (κ1) is 21.5. The second kappa shape index (κ2) is 10.1. The van der Waals surface area contributed by atoms with Crippen LogP contribution in [-0.4, -0.2) is 68.9 Å². The third kappa shape index (κ3) is 5.13. The van der Waals surface area contributed by atoms with Gasteiger partial charge in [-0.3, -0.25) is 0 Å². The highest BCUT2D eigenvalue weighted by atomic mass is 16.5. The average molecular weight is 436 g/mol. The summed E-state index contributed by atoms with van der Waals surface area (Å²) >= 11 is 0. The summed E-state index contributed by atoms with van der Waals surface area (Å²) in [5, 5.41) is 11.9. The fraction of sp³-hybridized carbons (Fsp3) is 0.409. The van der Waals surface area contributed by atoms with E-state index >= 15 is 0 Å². The van der Waals surface area contributed by atoms with Gasteiger partial charge in [0.25, 0.3) is 0 Å². The van der Waals surface area contributed by atoms with Crippen LogP contribution in [0.4, 0.5) is 5.95 Å². The summed E-state index contributed by atoms with van der Waals surface area (Å²) in [6.45, 7) is 6.38. The van der Waals surface area contributed by atoms with Crippen LogP contribution in [0.3, 0.4) is 0 Å². The standard InChI is InChI=1S/C22H29N9O/c1-17-27-28-20(29(17)2)16-26-22(25-15-18-5-7-19(32-3)8-6-18)31-13-11-30(12-14-31)21-23-9-4-10-24-21/h4-10H,11-16H2,1-3H3,(H,25,26). The summed E-state index contributed by atoms with van der Waals surface area (Å²) in [6, 6.07) is 9.83. The number of nitrogens with one attached hydrogen (secondary N) is 1. The number of ether oxygens (including phenoxy) is 1. The third-order valence-electron chi connectivity index (χ3n) is 5.57. The Bertz CT molecular complexity index is 1030. The Kier molecular flexibility index (Phi) is 6.78. The molecule has 1 saturated heterocycles. The molecule has 0 atom stereocenters. The molecular weight excluding hydrogens is 406 g/mol. The van der Waals surface area contributed by atoms with E-state index in [9.17, 15) is 0 Å². The van der Waals surface area contributed by atoms with E-state index in [2.05, 4.69) is 35.3 Å². The van der Waals surface area contributed by atoms with Gasteiger partial charge < -0.3 is 24.4 Å². The Hall–Kier alpha value is -3.69. The van der Waals surface area contributed by atoms with Crippen molar-refractivity contribution >= 4 is 11.9 Å². The molecule has 10 nitrogen and oxygen atoms in total. The number of hydrogen-bond acceptors (Lipinski definition) is 7. The maximum atomic E-state index is 5.25. The van der Waals surface area contributed by atoms with Crippen molar-refractivity contribution < 1.29 is 4.74 Å². The van der Waals surface area contributed by atoms with Crippen molar-refractivity contribution in [2.24, 2.45) is 12.0 Å². The van der Waals surface area contributed by atoms with Gasteiger partial charge in [-0.2, -0.15) is 0 Å². The van der Waals surface area contributed by atoms with Crippen LogP contribution in [0.5, 0.6) is 5.75 Å². The molecule has 4 rings (SSSR count). The van der Waals surface area contributed by atoms with Crippen LogP contribution in [0.15, 0.2) is 47.7 Å². The number of aryl methyl sites for hydroxylation is 1. The van der Waals surface area contributed by atoms with E-state index in [1.54, 1.807) is 19.5 Å². The van der Waals surface area contributed by atoms with Gasteiger partial charge in [-0.25, -0.2) is 15.0 Å². The predicted octanol–water partition coefficient (Wildman–Crippen LogP) is 1.39. The Labute approximate surface area is 188 Å². The molecule has 32 heavy (non-hydrogen) atoms. The monoisotopic (exact) mass is 435 g/mol. The fourth-order valence-corrected chi connectivity index (χ4v) is 3.50. The number of anilines is 1. The normalized spacial score (nSPS) is 14.5. The topological polar surface area (TPSA) is 96.6 Å². The van der Waals surface area contributed by atoms with Gasteiger partial charge in [-0.1, -0.05) is 12.1 Å². The molecule has 168 valence electrons. The molecule has 0 amide bonds. The molecule has 0 saturated carbocycles. The number of methoxy groups -OCH3 is 1. The van der Waals surface area contributed by atoms with E-state index in [0.29, 0.717) is 13.1 Å². The van der Waals surface area contributed by atoms with Crippen molar-refractivity contribution in [2.75, 3.05) is 38.2 Å². The summed E-state index contributed by atoms with van der Waals surface area (Å²) < 4.78 is 7.24.